The van der Waals surface area contributed by atoms with Gasteiger partial charge >= 0.3 is 5.69 Å². The van der Waals surface area contributed by atoms with Crippen LogP contribution in [0.25, 0.3) is 11.7 Å². The molecule has 1 aromatic carbocycles. The molecule has 33 heavy (non-hydrogen) atoms. The van der Waals surface area contributed by atoms with Crippen molar-refractivity contribution in [2.24, 2.45) is 4.99 Å². The lowest BCUT2D eigenvalue weighted by atomic mass is 10.2. The smallest absolute Gasteiger partial charge is 0.326 e. The molecule has 1 aliphatic rings. The number of aromatic hydroxyl groups is 1. The highest BCUT2D eigenvalue weighted by atomic mass is 16.5. The maximum Gasteiger partial charge on any atom is 0.326 e. The summed E-state index contributed by atoms with van der Waals surface area (Å²) in [6.07, 6.45) is 5.18. The molecule has 5 rings (SSSR count). The monoisotopic (exact) mass is 450 g/mol. The van der Waals surface area contributed by atoms with Crippen LogP contribution < -0.4 is 31.3 Å². The predicted molar refractivity (Wildman–Crippen MR) is 118 cm³/mol. The maximum atomic E-state index is 11.5. The zero-order chi connectivity index (χ0) is 22.9. The van der Waals surface area contributed by atoms with E-state index in [1.807, 2.05) is 18.2 Å². The molecule has 0 atom stereocenters. The van der Waals surface area contributed by atoms with Gasteiger partial charge in [-0.05, 0) is 31.1 Å². The molecule has 3 aromatic heterocycles. The normalized spacial score (nSPS) is 14.7. The van der Waals surface area contributed by atoms with Crippen molar-refractivity contribution in [3.63, 3.8) is 0 Å². The third-order valence-corrected chi connectivity index (χ3v) is 5.19. The second-order valence-corrected chi connectivity index (χ2v) is 7.56. The zero-order valence-electron chi connectivity index (χ0n) is 18.0. The van der Waals surface area contributed by atoms with E-state index in [1.54, 1.807) is 31.0 Å². The van der Waals surface area contributed by atoms with E-state index in [-0.39, 0.29) is 17.6 Å². The first-order valence-corrected chi connectivity index (χ1v) is 10.3. The topological polar surface area (TPSA) is 155 Å². The number of hydrogen-bond acceptors (Lipinski definition) is 9. The average molecular weight is 450 g/mol. The van der Waals surface area contributed by atoms with Crippen molar-refractivity contribution < 1.29 is 14.6 Å². The molecule has 3 heterocycles. The van der Waals surface area contributed by atoms with E-state index in [0.29, 0.717) is 40.5 Å². The molecule has 1 aliphatic carbocycles. The summed E-state index contributed by atoms with van der Waals surface area (Å²) in [6, 6.07) is 5.79. The van der Waals surface area contributed by atoms with E-state index in [1.165, 1.54) is 0 Å². The SMILES string of the molecule is COc1ccc(CNc2nc(=NC3CC3)n3ncc(=Cc4[nH]c(=O)[nH]c4O)c3n2)c(OC)c1. The van der Waals surface area contributed by atoms with Gasteiger partial charge < -0.3 is 24.9 Å². The zero-order valence-corrected chi connectivity index (χ0v) is 18.0. The Morgan fingerprint density at radius 3 is 2.82 bits per heavy atom. The number of hydrogen-bond donors (Lipinski definition) is 4. The third kappa shape index (κ3) is 4.22. The maximum absolute atomic E-state index is 11.5. The van der Waals surface area contributed by atoms with Crippen LogP contribution in [0.5, 0.6) is 17.4 Å². The van der Waals surface area contributed by atoms with Crippen LogP contribution in [0.4, 0.5) is 5.95 Å². The number of anilines is 1. The molecule has 1 saturated carbocycles. The largest absolute Gasteiger partial charge is 0.497 e. The first kappa shape index (κ1) is 20.5. The second kappa shape index (κ2) is 8.30. The molecule has 4 N–H and O–H groups in total. The van der Waals surface area contributed by atoms with Gasteiger partial charge in [0.05, 0.1) is 26.5 Å². The van der Waals surface area contributed by atoms with Crippen LogP contribution in [-0.2, 0) is 6.54 Å². The van der Waals surface area contributed by atoms with E-state index in [0.717, 1.165) is 18.4 Å². The molecule has 170 valence electrons. The van der Waals surface area contributed by atoms with Crippen molar-refractivity contribution in [1.29, 1.82) is 0 Å². The Bertz CT molecular complexity index is 1500. The Morgan fingerprint density at radius 2 is 2.12 bits per heavy atom. The van der Waals surface area contributed by atoms with Gasteiger partial charge in [0.1, 0.15) is 17.2 Å². The standard InChI is InChI=1S/C21H22N8O4/c1-32-14-6-3-11(16(8-14)33-2)9-22-19-26-17-12(7-15-18(30)27-21(31)25-15)10-23-29(17)20(28-19)24-13-4-5-13/h3,6-8,10,13,30H,4-5,9H2,1-2H3,(H,22,24,28)(H2,25,27,31). The van der Waals surface area contributed by atoms with E-state index in [2.05, 4.69) is 35.3 Å². The molecular weight excluding hydrogens is 428 g/mol. The number of rotatable bonds is 7. The van der Waals surface area contributed by atoms with Crippen LogP contribution in [0.2, 0.25) is 0 Å². The first-order chi connectivity index (χ1) is 16.0. The molecule has 1 fully saturated rings. The van der Waals surface area contributed by atoms with Crippen LogP contribution in [-0.4, -0.2) is 54.9 Å². The van der Waals surface area contributed by atoms with Crippen LogP contribution in [0.15, 0.2) is 34.2 Å². The molecule has 0 amide bonds. The summed E-state index contributed by atoms with van der Waals surface area (Å²) in [5.41, 5.74) is 1.53. The van der Waals surface area contributed by atoms with Gasteiger partial charge in [0.15, 0.2) is 5.65 Å². The number of methoxy groups -OCH3 is 2. The highest BCUT2D eigenvalue weighted by Gasteiger charge is 2.21. The number of aromatic nitrogens is 6. The lowest BCUT2D eigenvalue weighted by molar-refractivity contribution is 0.391. The van der Waals surface area contributed by atoms with Crippen LogP contribution in [0.3, 0.4) is 0 Å². The number of nitrogens with zero attached hydrogens (tertiary/aromatic N) is 5. The molecule has 0 unspecified atom stereocenters. The summed E-state index contributed by atoms with van der Waals surface area (Å²) in [5, 5.41) is 18.1. The lowest BCUT2D eigenvalue weighted by Gasteiger charge is -2.11. The summed E-state index contributed by atoms with van der Waals surface area (Å²) >= 11 is 0. The van der Waals surface area contributed by atoms with Gasteiger partial charge in [-0.3, -0.25) is 4.98 Å². The number of ether oxygens (including phenoxy) is 2. The lowest BCUT2D eigenvalue weighted by Crippen LogP contribution is -2.24. The summed E-state index contributed by atoms with van der Waals surface area (Å²) in [4.78, 5) is 30.1. The van der Waals surface area contributed by atoms with E-state index >= 15 is 0 Å². The van der Waals surface area contributed by atoms with Gasteiger partial charge in [-0.15, -0.1) is 0 Å². The number of fused-ring (bicyclic) bond motifs is 1. The predicted octanol–water partition coefficient (Wildman–Crippen LogP) is 0.0864. The Kier molecular flexibility index (Phi) is 5.17. The number of H-pyrrole nitrogens is 2. The minimum atomic E-state index is -0.509. The van der Waals surface area contributed by atoms with E-state index in [4.69, 9.17) is 9.47 Å². The number of imidazole rings is 1. The van der Waals surface area contributed by atoms with Gasteiger partial charge in [0.2, 0.25) is 11.8 Å². The van der Waals surface area contributed by atoms with Gasteiger partial charge in [-0.25, -0.2) is 9.79 Å². The van der Waals surface area contributed by atoms with Crippen LogP contribution in [0, 0.1) is 0 Å². The number of aromatic amines is 2. The van der Waals surface area contributed by atoms with E-state index < -0.39 is 5.69 Å². The van der Waals surface area contributed by atoms with Crippen molar-refractivity contribution in [3.8, 4) is 17.4 Å². The Labute approximate surface area is 186 Å². The molecule has 0 spiro atoms. The third-order valence-electron chi connectivity index (χ3n) is 5.19. The van der Waals surface area contributed by atoms with Crippen molar-refractivity contribution >= 4 is 17.7 Å². The van der Waals surface area contributed by atoms with Crippen molar-refractivity contribution in [2.75, 3.05) is 19.5 Å². The summed E-state index contributed by atoms with van der Waals surface area (Å²) in [7, 11) is 3.20. The minimum Gasteiger partial charge on any atom is -0.497 e. The second-order valence-electron chi connectivity index (χ2n) is 7.56. The first-order valence-electron chi connectivity index (χ1n) is 10.3. The highest BCUT2D eigenvalue weighted by Crippen LogP contribution is 2.25. The number of nitrogens with one attached hydrogen (secondary N) is 3. The fourth-order valence-electron chi connectivity index (χ4n) is 3.33. The summed E-state index contributed by atoms with van der Waals surface area (Å²) < 4.78 is 12.3. The molecule has 0 bridgehead atoms. The number of benzene rings is 1. The van der Waals surface area contributed by atoms with Crippen LogP contribution in [0.1, 0.15) is 24.1 Å². The Balaban J connectivity index is 1.55. The van der Waals surface area contributed by atoms with Gasteiger partial charge in [-0.1, -0.05) is 0 Å². The molecule has 4 aromatic rings. The van der Waals surface area contributed by atoms with Gasteiger partial charge in [0.25, 0.3) is 5.62 Å². The molecule has 0 aliphatic heterocycles. The Hall–Kier alpha value is -4.35. The fraction of sp³-hybridized carbons (Fsp3) is 0.286. The molecule has 0 saturated heterocycles. The van der Waals surface area contributed by atoms with Crippen LogP contribution >= 0.6 is 0 Å². The minimum absolute atomic E-state index is 0.222. The van der Waals surface area contributed by atoms with Gasteiger partial charge in [0, 0.05) is 23.4 Å². The fourth-order valence-corrected chi connectivity index (χ4v) is 3.33. The quantitative estimate of drug-likeness (QED) is 0.309. The van der Waals surface area contributed by atoms with Gasteiger partial charge in [-0.2, -0.15) is 19.6 Å². The molecule has 12 nitrogen and oxygen atoms in total. The Morgan fingerprint density at radius 1 is 1.27 bits per heavy atom. The highest BCUT2D eigenvalue weighted by molar-refractivity contribution is 5.57. The summed E-state index contributed by atoms with van der Waals surface area (Å²) in [6.45, 7) is 0.408. The van der Waals surface area contributed by atoms with Crippen molar-refractivity contribution in [1.82, 2.24) is 29.5 Å². The van der Waals surface area contributed by atoms with Crippen molar-refractivity contribution in [2.45, 2.75) is 25.4 Å². The van der Waals surface area contributed by atoms with Crippen molar-refractivity contribution in [3.05, 3.63) is 57.0 Å². The molecule has 0 radical (unpaired) electrons. The molecule has 12 heteroatoms. The average Bonchev–Trinajstić information content (AvgIpc) is 3.45. The van der Waals surface area contributed by atoms with E-state index in [9.17, 15) is 9.90 Å². The molecular formula is C21H22N8O4. The summed E-state index contributed by atoms with van der Waals surface area (Å²) in [5.74, 6) is 1.48.